The molecule has 3 atom stereocenters. The normalized spacial score (nSPS) is 28.9. The summed E-state index contributed by atoms with van der Waals surface area (Å²) in [6.45, 7) is 2.16. The largest absolute Gasteiger partial charge is 0.387 e. The summed E-state index contributed by atoms with van der Waals surface area (Å²) in [5.74, 6) is 0.571. The van der Waals surface area contributed by atoms with Crippen LogP contribution >= 0.6 is 15.9 Å². The first kappa shape index (κ1) is 13.6. The van der Waals surface area contributed by atoms with E-state index in [1.165, 1.54) is 0 Å². The van der Waals surface area contributed by atoms with Crippen LogP contribution in [0, 0.1) is 22.7 Å². The van der Waals surface area contributed by atoms with Crippen molar-refractivity contribution in [2.24, 2.45) is 11.3 Å². The van der Waals surface area contributed by atoms with Crippen molar-refractivity contribution in [1.29, 1.82) is 5.26 Å². The number of benzene rings is 1. The van der Waals surface area contributed by atoms with E-state index in [0.29, 0.717) is 5.92 Å². The molecule has 3 heteroatoms. The topological polar surface area (TPSA) is 44.0 Å². The van der Waals surface area contributed by atoms with Crippen LogP contribution in [-0.4, -0.2) is 5.11 Å². The average Bonchev–Trinajstić information content (AvgIpc) is 2.83. The molecule has 0 spiro atoms. The minimum atomic E-state index is -0.699. The number of hydrogen-bond donors (Lipinski definition) is 1. The van der Waals surface area contributed by atoms with Crippen molar-refractivity contribution in [2.75, 3.05) is 0 Å². The molecule has 1 aromatic rings. The van der Waals surface area contributed by atoms with Gasteiger partial charge in [-0.15, -0.1) is 0 Å². The van der Waals surface area contributed by atoms with Gasteiger partial charge in [0.1, 0.15) is 0 Å². The van der Waals surface area contributed by atoms with Crippen LogP contribution in [0.15, 0.2) is 28.7 Å². The van der Waals surface area contributed by atoms with E-state index < -0.39 is 11.5 Å². The SMILES string of the molecule is CCC1CCC(C#N)(C(O)c2ccccc2Br)C1. The zero-order valence-corrected chi connectivity index (χ0v) is 12.2. The number of aliphatic hydroxyl groups excluding tert-OH is 1. The van der Waals surface area contributed by atoms with Crippen LogP contribution in [0.25, 0.3) is 0 Å². The molecule has 96 valence electrons. The molecular weight excluding hydrogens is 290 g/mol. The Hall–Kier alpha value is -0.850. The minimum absolute atomic E-state index is 0.571. The first-order valence-electron chi connectivity index (χ1n) is 6.46. The van der Waals surface area contributed by atoms with Gasteiger partial charge in [0.15, 0.2) is 0 Å². The molecule has 0 aromatic heterocycles. The van der Waals surface area contributed by atoms with Crippen LogP contribution < -0.4 is 0 Å². The van der Waals surface area contributed by atoms with Crippen LogP contribution in [0.2, 0.25) is 0 Å². The second kappa shape index (κ2) is 5.42. The van der Waals surface area contributed by atoms with Crippen molar-refractivity contribution in [3.8, 4) is 6.07 Å². The van der Waals surface area contributed by atoms with Crippen LogP contribution in [-0.2, 0) is 0 Å². The van der Waals surface area contributed by atoms with Gasteiger partial charge in [0.05, 0.1) is 17.6 Å². The van der Waals surface area contributed by atoms with Crippen molar-refractivity contribution >= 4 is 15.9 Å². The molecule has 2 rings (SSSR count). The Labute approximate surface area is 117 Å². The van der Waals surface area contributed by atoms with E-state index in [1.807, 2.05) is 24.3 Å². The smallest absolute Gasteiger partial charge is 0.0987 e. The number of hydrogen-bond acceptors (Lipinski definition) is 2. The molecule has 2 nitrogen and oxygen atoms in total. The summed E-state index contributed by atoms with van der Waals surface area (Å²) in [4.78, 5) is 0. The van der Waals surface area contributed by atoms with E-state index in [9.17, 15) is 10.4 Å². The van der Waals surface area contributed by atoms with Gasteiger partial charge in [-0.2, -0.15) is 5.26 Å². The predicted molar refractivity (Wildman–Crippen MR) is 74.8 cm³/mol. The van der Waals surface area contributed by atoms with Crippen molar-refractivity contribution in [3.05, 3.63) is 34.3 Å². The summed E-state index contributed by atoms with van der Waals surface area (Å²) in [5.41, 5.74) is 0.223. The Morgan fingerprint density at radius 1 is 1.56 bits per heavy atom. The summed E-state index contributed by atoms with van der Waals surface area (Å²) < 4.78 is 0.882. The van der Waals surface area contributed by atoms with E-state index in [1.54, 1.807) is 0 Å². The van der Waals surface area contributed by atoms with E-state index in [0.717, 1.165) is 35.7 Å². The molecular formula is C15H18BrNO. The van der Waals surface area contributed by atoms with Crippen molar-refractivity contribution < 1.29 is 5.11 Å². The van der Waals surface area contributed by atoms with Gasteiger partial charge < -0.3 is 5.11 Å². The first-order chi connectivity index (χ1) is 8.63. The van der Waals surface area contributed by atoms with Gasteiger partial charge in [-0.25, -0.2) is 0 Å². The van der Waals surface area contributed by atoms with Gasteiger partial charge in [-0.05, 0) is 36.8 Å². The Kier molecular flexibility index (Phi) is 4.09. The number of nitriles is 1. The molecule has 0 heterocycles. The van der Waals surface area contributed by atoms with E-state index in [2.05, 4.69) is 28.9 Å². The van der Waals surface area contributed by atoms with Crippen LogP contribution in [0.1, 0.15) is 44.3 Å². The van der Waals surface area contributed by atoms with Gasteiger partial charge in [0.25, 0.3) is 0 Å². The number of halogens is 1. The lowest BCUT2D eigenvalue weighted by Crippen LogP contribution is -2.25. The Morgan fingerprint density at radius 3 is 2.83 bits per heavy atom. The molecule has 1 saturated carbocycles. The summed E-state index contributed by atoms with van der Waals surface area (Å²) in [6, 6.07) is 10.0. The predicted octanol–water partition coefficient (Wildman–Crippen LogP) is 4.20. The van der Waals surface area contributed by atoms with Crippen LogP contribution in [0.3, 0.4) is 0 Å². The van der Waals surface area contributed by atoms with Crippen LogP contribution in [0.5, 0.6) is 0 Å². The highest BCUT2D eigenvalue weighted by molar-refractivity contribution is 9.10. The molecule has 1 N–H and O–H groups in total. The van der Waals surface area contributed by atoms with Crippen LogP contribution in [0.4, 0.5) is 0 Å². The fourth-order valence-corrected chi connectivity index (χ4v) is 3.44. The lowest BCUT2D eigenvalue weighted by atomic mass is 9.78. The fraction of sp³-hybridized carbons (Fsp3) is 0.533. The lowest BCUT2D eigenvalue weighted by Gasteiger charge is -2.28. The van der Waals surface area contributed by atoms with Gasteiger partial charge in [0.2, 0.25) is 0 Å². The Bertz CT molecular complexity index is 468. The van der Waals surface area contributed by atoms with Crippen molar-refractivity contribution in [1.82, 2.24) is 0 Å². The van der Waals surface area contributed by atoms with E-state index >= 15 is 0 Å². The molecule has 0 amide bonds. The molecule has 1 fully saturated rings. The number of aliphatic hydroxyl groups is 1. The fourth-order valence-electron chi connectivity index (χ4n) is 2.93. The molecule has 0 saturated heterocycles. The Balaban J connectivity index is 2.30. The molecule has 1 aliphatic rings. The number of rotatable bonds is 3. The molecule has 0 bridgehead atoms. The standard InChI is InChI=1S/C15H18BrNO/c1-2-11-7-8-15(9-11,10-17)14(18)12-5-3-4-6-13(12)16/h3-6,11,14,18H,2,7-9H2,1H3. The molecule has 1 aromatic carbocycles. The van der Waals surface area contributed by atoms with E-state index in [4.69, 9.17) is 0 Å². The summed E-state index contributed by atoms with van der Waals surface area (Å²) in [7, 11) is 0. The van der Waals surface area contributed by atoms with Gasteiger partial charge >= 0.3 is 0 Å². The maximum absolute atomic E-state index is 10.6. The third-order valence-electron chi connectivity index (χ3n) is 4.17. The van der Waals surface area contributed by atoms with Gasteiger partial charge in [0, 0.05) is 4.47 Å². The zero-order valence-electron chi connectivity index (χ0n) is 10.6. The quantitative estimate of drug-likeness (QED) is 0.909. The third kappa shape index (κ3) is 2.32. The first-order valence-corrected chi connectivity index (χ1v) is 7.26. The summed E-state index contributed by atoms with van der Waals surface area (Å²) in [6.07, 6.45) is 3.04. The second-order valence-electron chi connectivity index (χ2n) is 5.21. The van der Waals surface area contributed by atoms with Gasteiger partial charge in [-0.3, -0.25) is 0 Å². The molecule has 0 aliphatic heterocycles. The summed E-state index contributed by atoms with van der Waals surface area (Å²) >= 11 is 3.46. The number of nitrogens with zero attached hydrogens (tertiary/aromatic N) is 1. The minimum Gasteiger partial charge on any atom is -0.387 e. The zero-order chi connectivity index (χ0) is 13.2. The Morgan fingerprint density at radius 2 is 2.28 bits per heavy atom. The third-order valence-corrected chi connectivity index (χ3v) is 4.90. The molecule has 1 aliphatic carbocycles. The molecule has 18 heavy (non-hydrogen) atoms. The second-order valence-corrected chi connectivity index (χ2v) is 6.06. The molecule has 0 radical (unpaired) electrons. The molecule has 3 unspecified atom stereocenters. The highest BCUT2D eigenvalue weighted by atomic mass is 79.9. The highest BCUT2D eigenvalue weighted by Gasteiger charge is 2.45. The van der Waals surface area contributed by atoms with Gasteiger partial charge in [-0.1, -0.05) is 47.5 Å². The lowest BCUT2D eigenvalue weighted by molar-refractivity contribution is 0.0635. The van der Waals surface area contributed by atoms with E-state index in [-0.39, 0.29) is 0 Å². The monoisotopic (exact) mass is 307 g/mol. The summed E-state index contributed by atoms with van der Waals surface area (Å²) in [5, 5.41) is 20.1. The maximum Gasteiger partial charge on any atom is 0.0987 e. The maximum atomic E-state index is 10.6. The van der Waals surface area contributed by atoms with Crippen molar-refractivity contribution in [2.45, 2.75) is 38.7 Å². The van der Waals surface area contributed by atoms with Crippen molar-refractivity contribution in [3.63, 3.8) is 0 Å². The highest BCUT2D eigenvalue weighted by Crippen LogP contribution is 2.51. The average molecular weight is 308 g/mol.